The van der Waals surface area contributed by atoms with Crippen LogP contribution in [0.4, 0.5) is 0 Å². The number of carbonyl (C=O) groups excluding carboxylic acids is 1. The average molecular weight is 311 g/mol. The molecular formula is C20H25NO2. The van der Waals surface area contributed by atoms with E-state index in [1.54, 1.807) is 7.11 Å². The molecule has 0 aliphatic rings. The minimum atomic E-state index is 0.0634. The first-order chi connectivity index (χ1) is 11.0. The Morgan fingerprint density at radius 1 is 0.957 bits per heavy atom. The van der Waals surface area contributed by atoms with E-state index in [1.165, 1.54) is 0 Å². The highest BCUT2D eigenvalue weighted by Crippen LogP contribution is 2.28. The Labute approximate surface area is 138 Å². The molecule has 0 saturated heterocycles. The fraction of sp³-hybridized carbons (Fsp3) is 0.350. The number of methoxy groups -OCH3 is 1. The Morgan fingerprint density at radius 2 is 1.61 bits per heavy atom. The molecule has 2 aromatic carbocycles. The van der Waals surface area contributed by atoms with Crippen molar-refractivity contribution >= 4 is 5.91 Å². The maximum Gasteiger partial charge on any atom is 0.254 e. The number of rotatable bonds is 5. The van der Waals surface area contributed by atoms with Gasteiger partial charge in [0, 0.05) is 17.6 Å². The first-order valence-electron chi connectivity index (χ1n) is 8.01. The first-order valence-corrected chi connectivity index (χ1v) is 8.01. The molecule has 0 unspecified atom stereocenters. The highest BCUT2D eigenvalue weighted by molar-refractivity contribution is 6.01. The predicted molar refractivity (Wildman–Crippen MR) is 94.9 cm³/mol. The molecule has 3 nitrogen and oxygen atoms in total. The molecule has 0 aliphatic heterocycles. The molecule has 2 aromatic rings. The van der Waals surface area contributed by atoms with Gasteiger partial charge in [-0.1, -0.05) is 30.3 Å². The van der Waals surface area contributed by atoms with Gasteiger partial charge in [-0.05, 0) is 57.0 Å². The Kier molecular flexibility index (Phi) is 5.43. The molecule has 1 amide bonds. The molecule has 0 saturated carbocycles. The van der Waals surface area contributed by atoms with Gasteiger partial charge < -0.3 is 9.64 Å². The number of benzene rings is 2. The lowest BCUT2D eigenvalue weighted by atomic mass is 9.98. The fourth-order valence-electron chi connectivity index (χ4n) is 2.92. The Balaban J connectivity index is 2.50. The predicted octanol–water partition coefficient (Wildman–Crippen LogP) is 4.62. The lowest BCUT2D eigenvalue weighted by Crippen LogP contribution is -2.42. The zero-order valence-corrected chi connectivity index (χ0v) is 14.5. The van der Waals surface area contributed by atoms with Crippen molar-refractivity contribution in [2.75, 3.05) is 7.11 Å². The normalized spacial score (nSPS) is 10.9. The van der Waals surface area contributed by atoms with E-state index in [2.05, 4.69) is 0 Å². The summed E-state index contributed by atoms with van der Waals surface area (Å²) < 4.78 is 5.31. The molecule has 0 N–H and O–H groups in total. The first kappa shape index (κ1) is 17.1. The number of ether oxygens (including phenoxy) is 1. The van der Waals surface area contributed by atoms with Crippen LogP contribution in [0.5, 0.6) is 5.75 Å². The van der Waals surface area contributed by atoms with E-state index in [1.807, 2.05) is 81.1 Å². The second-order valence-corrected chi connectivity index (χ2v) is 6.18. The van der Waals surface area contributed by atoms with Crippen molar-refractivity contribution in [2.24, 2.45) is 0 Å². The average Bonchev–Trinajstić information content (AvgIpc) is 2.54. The summed E-state index contributed by atoms with van der Waals surface area (Å²) in [5, 5.41) is 0. The fourth-order valence-corrected chi connectivity index (χ4v) is 2.92. The van der Waals surface area contributed by atoms with Gasteiger partial charge in [0.2, 0.25) is 0 Å². The van der Waals surface area contributed by atoms with Gasteiger partial charge in [0.05, 0.1) is 7.11 Å². The smallest absolute Gasteiger partial charge is 0.254 e. The Hall–Kier alpha value is -2.29. The summed E-state index contributed by atoms with van der Waals surface area (Å²) in [6.45, 7) is 8.19. The third-order valence-electron chi connectivity index (χ3n) is 3.89. The third kappa shape index (κ3) is 3.73. The van der Waals surface area contributed by atoms with Crippen LogP contribution in [0.3, 0.4) is 0 Å². The van der Waals surface area contributed by atoms with Crippen LogP contribution in [0.1, 0.15) is 38.1 Å². The monoisotopic (exact) mass is 311 g/mol. The van der Waals surface area contributed by atoms with E-state index < -0.39 is 0 Å². The second kappa shape index (κ2) is 7.32. The summed E-state index contributed by atoms with van der Waals surface area (Å²) >= 11 is 0. The number of hydrogen-bond donors (Lipinski definition) is 0. The largest absolute Gasteiger partial charge is 0.497 e. The van der Waals surface area contributed by atoms with E-state index in [0.717, 1.165) is 22.4 Å². The molecule has 0 spiro atoms. The highest BCUT2D eigenvalue weighted by atomic mass is 16.5. The zero-order valence-electron chi connectivity index (χ0n) is 14.5. The quantitative estimate of drug-likeness (QED) is 0.806. The van der Waals surface area contributed by atoms with E-state index in [0.29, 0.717) is 0 Å². The van der Waals surface area contributed by atoms with Crippen molar-refractivity contribution in [3.05, 3.63) is 54.1 Å². The standard InChI is InChI=1S/C20H25NO2/c1-14(2)21(15(3)4)20(22)19-12-7-6-11-18(19)16-9-8-10-17(13-16)23-5/h6-15H,1-5H3. The highest BCUT2D eigenvalue weighted by Gasteiger charge is 2.23. The van der Waals surface area contributed by atoms with E-state index in [9.17, 15) is 4.79 Å². The lowest BCUT2D eigenvalue weighted by molar-refractivity contribution is 0.0644. The van der Waals surface area contributed by atoms with Crippen LogP contribution in [0, 0.1) is 0 Å². The topological polar surface area (TPSA) is 29.5 Å². The molecule has 23 heavy (non-hydrogen) atoms. The maximum atomic E-state index is 13.1. The summed E-state index contributed by atoms with van der Waals surface area (Å²) in [6, 6.07) is 15.9. The van der Waals surface area contributed by atoms with Crippen molar-refractivity contribution in [2.45, 2.75) is 39.8 Å². The van der Waals surface area contributed by atoms with Crippen molar-refractivity contribution < 1.29 is 9.53 Å². The molecule has 2 rings (SSSR count). The van der Waals surface area contributed by atoms with Crippen LogP contribution in [0.2, 0.25) is 0 Å². The molecule has 0 aromatic heterocycles. The van der Waals surface area contributed by atoms with Gasteiger partial charge in [0.1, 0.15) is 5.75 Å². The number of hydrogen-bond acceptors (Lipinski definition) is 2. The Bertz CT molecular complexity index is 669. The van der Waals surface area contributed by atoms with Crippen LogP contribution in [-0.4, -0.2) is 30.0 Å². The number of carbonyl (C=O) groups is 1. The lowest BCUT2D eigenvalue weighted by Gasteiger charge is -2.31. The maximum absolute atomic E-state index is 13.1. The molecule has 0 radical (unpaired) electrons. The van der Waals surface area contributed by atoms with E-state index in [4.69, 9.17) is 4.74 Å². The van der Waals surface area contributed by atoms with Crippen LogP contribution in [-0.2, 0) is 0 Å². The van der Waals surface area contributed by atoms with E-state index in [-0.39, 0.29) is 18.0 Å². The molecule has 0 bridgehead atoms. The van der Waals surface area contributed by atoms with Gasteiger partial charge in [-0.25, -0.2) is 0 Å². The van der Waals surface area contributed by atoms with E-state index >= 15 is 0 Å². The van der Waals surface area contributed by atoms with Crippen molar-refractivity contribution in [1.29, 1.82) is 0 Å². The van der Waals surface area contributed by atoms with Gasteiger partial charge in [-0.2, -0.15) is 0 Å². The van der Waals surface area contributed by atoms with Crippen molar-refractivity contribution in [1.82, 2.24) is 4.90 Å². The summed E-state index contributed by atoms with van der Waals surface area (Å²) in [7, 11) is 1.65. The molecule has 0 atom stereocenters. The third-order valence-corrected chi connectivity index (χ3v) is 3.89. The van der Waals surface area contributed by atoms with Gasteiger partial charge in [-0.3, -0.25) is 4.79 Å². The molecule has 0 heterocycles. The van der Waals surface area contributed by atoms with Crippen molar-refractivity contribution in [3.8, 4) is 16.9 Å². The van der Waals surface area contributed by atoms with Crippen LogP contribution >= 0.6 is 0 Å². The number of amides is 1. The summed E-state index contributed by atoms with van der Waals surface area (Å²) in [5.41, 5.74) is 2.65. The minimum Gasteiger partial charge on any atom is -0.497 e. The molecule has 0 fully saturated rings. The summed E-state index contributed by atoms with van der Waals surface area (Å²) in [5.74, 6) is 0.850. The van der Waals surface area contributed by atoms with Crippen LogP contribution in [0.25, 0.3) is 11.1 Å². The van der Waals surface area contributed by atoms with Gasteiger partial charge in [-0.15, -0.1) is 0 Å². The molecular weight excluding hydrogens is 286 g/mol. The van der Waals surface area contributed by atoms with Gasteiger partial charge in [0.25, 0.3) is 5.91 Å². The van der Waals surface area contributed by atoms with Gasteiger partial charge in [0.15, 0.2) is 0 Å². The van der Waals surface area contributed by atoms with Crippen molar-refractivity contribution in [3.63, 3.8) is 0 Å². The van der Waals surface area contributed by atoms with Crippen LogP contribution < -0.4 is 4.74 Å². The van der Waals surface area contributed by atoms with Gasteiger partial charge >= 0.3 is 0 Å². The Morgan fingerprint density at radius 3 is 2.22 bits per heavy atom. The second-order valence-electron chi connectivity index (χ2n) is 6.18. The zero-order chi connectivity index (χ0) is 17.0. The van der Waals surface area contributed by atoms with Crippen LogP contribution in [0.15, 0.2) is 48.5 Å². The summed E-state index contributed by atoms with van der Waals surface area (Å²) in [4.78, 5) is 15.0. The molecule has 0 aliphatic carbocycles. The minimum absolute atomic E-state index is 0.0634. The number of nitrogens with zero attached hydrogens (tertiary/aromatic N) is 1. The molecule has 122 valence electrons. The summed E-state index contributed by atoms with van der Waals surface area (Å²) in [6.07, 6.45) is 0. The SMILES string of the molecule is COc1cccc(-c2ccccc2C(=O)N(C(C)C)C(C)C)c1. The molecule has 3 heteroatoms.